The van der Waals surface area contributed by atoms with E-state index >= 15 is 0 Å². The minimum atomic E-state index is -0.903. The molecule has 0 saturated carbocycles. The van der Waals surface area contributed by atoms with E-state index in [2.05, 4.69) is 0 Å². The van der Waals surface area contributed by atoms with Gasteiger partial charge in [0.05, 0.1) is 22.0 Å². The Morgan fingerprint density at radius 1 is 1.25 bits per heavy atom. The normalized spacial score (nSPS) is 18.9. The van der Waals surface area contributed by atoms with Crippen LogP contribution in [0, 0.1) is 0 Å². The Kier molecular flexibility index (Phi) is 4.89. The van der Waals surface area contributed by atoms with Crippen molar-refractivity contribution >= 4 is 35.1 Å². The lowest BCUT2D eigenvalue weighted by Crippen LogP contribution is -2.44. The van der Waals surface area contributed by atoms with Crippen molar-refractivity contribution in [3.8, 4) is 0 Å². The SMILES string of the molecule is O=C(O)CC1CCCCN1C(=O)c1c(Cl)cccc1Cl. The van der Waals surface area contributed by atoms with Crippen molar-refractivity contribution in [2.75, 3.05) is 6.54 Å². The highest BCUT2D eigenvalue weighted by atomic mass is 35.5. The molecule has 1 saturated heterocycles. The Hall–Kier alpha value is -1.26. The van der Waals surface area contributed by atoms with Crippen LogP contribution >= 0.6 is 23.2 Å². The van der Waals surface area contributed by atoms with Gasteiger partial charge in [-0.2, -0.15) is 0 Å². The highest BCUT2D eigenvalue weighted by Crippen LogP contribution is 2.29. The molecule has 1 unspecified atom stereocenters. The molecule has 2 rings (SSSR count). The van der Waals surface area contributed by atoms with E-state index in [9.17, 15) is 9.59 Å². The van der Waals surface area contributed by atoms with E-state index < -0.39 is 5.97 Å². The molecule has 1 aromatic carbocycles. The summed E-state index contributed by atoms with van der Waals surface area (Å²) in [4.78, 5) is 25.1. The van der Waals surface area contributed by atoms with E-state index in [1.54, 1.807) is 23.1 Å². The van der Waals surface area contributed by atoms with E-state index in [1.165, 1.54) is 0 Å². The molecule has 1 amide bonds. The van der Waals surface area contributed by atoms with Crippen LogP contribution in [0.4, 0.5) is 0 Å². The molecular formula is C14H15Cl2NO3. The van der Waals surface area contributed by atoms with Gasteiger partial charge in [0, 0.05) is 12.6 Å². The van der Waals surface area contributed by atoms with Crippen LogP contribution in [0.25, 0.3) is 0 Å². The first-order valence-corrected chi connectivity index (χ1v) is 7.23. The average Bonchev–Trinajstić information content (AvgIpc) is 2.38. The standard InChI is InChI=1S/C14H15Cl2NO3/c15-10-5-3-6-11(16)13(10)14(20)17-7-2-1-4-9(17)8-12(18)19/h3,5-6,9H,1-2,4,7-8H2,(H,18,19). The molecule has 1 heterocycles. The number of carboxylic acids is 1. The number of rotatable bonds is 3. The quantitative estimate of drug-likeness (QED) is 0.929. The van der Waals surface area contributed by atoms with Gasteiger partial charge in [-0.3, -0.25) is 9.59 Å². The Bertz CT molecular complexity index is 513. The van der Waals surface area contributed by atoms with Crippen molar-refractivity contribution in [1.29, 1.82) is 0 Å². The number of halogens is 2. The number of likely N-dealkylation sites (tertiary alicyclic amines) is 1. The summed E-state index contributed by atoms with van der Waals surface area (Å²) < 4.78 is 0. The summed E-state index contributed by atoms with van der Waals surface area (Å²) in [6.07, 6.45) is 2.44. The van der Waals surface area contributed by atoms with Crippen LogP contribution in [0.3, 0.4) is 0 Å². The summed E-state index contributed by atoms with van der Waals surface area (Å²) in [5, 5.41) is 9.54. The molecule has 0 bridgehead atoms. The minimum Gasteiger partial charge on any atom is -0.481 e. The summed E-state index contributed by atoms with van der Waals surface area (Å²) in [5.74, 6) is -1.19. The smallest absolute Gasteiger partial charge is 0.305 e. The number of carbonyl (C=O) groups is 2. The van der Waals surface area contributed by atoms with Crippen molar-refractivity contribution < 1.29 is 14.7 Å². The molecule has 1 aliphatic heterocycles. The predicted molar refractivity (Wildman–Crippen MR) is 77.4 cm³/mol. The van der Waals surface area contributed by atoms with Gasteiger partial charge in [0.1, 0.15) is 0 Å². The van der Waals surface area contributed by atoms with Crippen molar-refractivity contribution in [2.45, 2.75) is 31.7 Å². The molecule has 1 atom stereocenters. The van der Waals surface area contributed by atoms with Crippen LogP contribution in [0.1, 0.15) is 36.0 Å². The third kappa shape index (κ3) is 3.25. The molecule has 1 aromatic rings. The molecule has 0 spiro atoms. The van der Waals surface area contributed by atoms with Crippen LogP contribution in [-0.2, 0) is 4.79 Å². The minimum absolute atomic E-state index is 0.0478. The van der Waals surface area contributed by atoms with Crippen molar-refractivity contribution in [2.24, 2.45) is 0 Å². The molecule has 1 fully saturated rings. The summed E-state index contributed by atoms with van der Waals surface area (Å²) in [6, 6.07) is 4.60. The summed E-state index contributed by atoms with van der Waals surface area (Å²) in [7, 11) is 0. The zero-order valence-electron chi connectivity index (χ0n) is 10.8. The van der Waals surface area contributed by atoms with Gasteiger partial charge >= 0.3 is 5.97 Å². The first-order valence-electron chi connectivity index (χ1n) is 6.47. The molecule has 4 nitrogen and oxygen atoms in total. The molecule has 0 aromatic heterocycles. The van der Waals surface area contributed by atoms with Gasteiger partial charge in [-0.1, -0.05) is 29.3 Å². The molecule has 1 aliphatic rings. The molecule has 0 radical (unpaired) electrons. The molecule has 6 heteroatoms. The second kappa shape index (κ2) is 6.46. The lowest BCUT2D eigenvalue weighted by atomic mass is 9.98. The second-order valence-electron chi connectivity index (χ2n) is 4.84. The zero-order valence-corrected chi connectivity index (χ0v) is 12.3. The highest BCUT2D eigenvalue weighted by Gasteiger charge is 2.31. The van der Waals surface area contributed by atoms with Gasteiger partial charge in [0.15, 0.2) is 0 Å². The first-order chi connectivity index (χ1) is 9.50. The number of amides is 1. The largest absolute Gasteiger partial charge is 0.481 e. The van der Waals surface area contributed by atoms with Gasteiger partial charge < -0.3 is 10.0 Å². The molecule has 108 valence electrons. The van der Waals surface area contributed by atoms with Gasteiger partial charge in [-0.05, 0) is 31.4 Å². The Labute approximate surface area is 127 Å². The maximum absolute atomic E-state index is 12.6. The number of hydrogen-bond donors (Lipinski definition) is 1. The highest BCUT2D eigenvalue weighted by molar-refractivity contribution is 6.39. The summed E-state index contributed by atoms with van der Waals surface area (Å²) >= 11 is 12.1. The lowest BCUT2D eigenvalue weighted by Gasteiger charge is -2.35. The number of carboxylic acid groups (broad SMARTS) is 1. The Morgan fingerprint density at radius 3 is 2.50 bits per heavy atom. The van der Waals surface area contributed by atoms with Crippen LogP contribution in [0.15, 0.2) is 18.2 Å². The maximum Gasteiger partial charge on any atom is 0.305 e. The Balaban J connectivity index is 2.28. The van der Waals surface area contributed by atoms with Crippen molar-refractivity contribution in [3.63, 3.8) is 0 Å². The molecule has 1 N–H and O–H groups in total. The van der Waals surface area contributed by atoms with E-state index in [4.69, 9.17) is 28.3 Å². The maximum atomic E-state index is 12.6. The van der Waals surface area contributed by atoms with Crippen LogP contribution < -0.4 is 0 Å². The predicted octanol–water partition coefficient (Wildman–Crippen LogP) is 3.46. The number of piperidine rings is 1. The van der Waals surface area contributed by atoms with E-state index in [-0.39, 0.29) is 23.9 Å². The van der Waals surface area contributed by atoms with Crippen LogP contribution in [0.5, 0.6) is 0 Å². The lowest BCUT2D eigenvalue weighted by molar-refractivity contribution is -0.138. The number of nitrogens with zero attached hydrogens (tertiary/aromatic N) is 1. The molecule has 20 heavy (non-hydrogen) atoms. The van der Waals surface area contributed by atoms with Crippen LogP contribution in [0.2, 0.25) is 10.0 Å². The third-order valence-electron chi connectivity index (χ3n) is 3.47. The van der Waals surface area contributed by atoms with E-state index in [0.29, 0.717) is 23.0 Å². The summed E-state index contributed by atoms with van der Waals surface area (Å²) in [6.45, 7) is 0.540. The first kappa shape index (κ1) is 15.1. The summed E-state index contributed by atoms with van der Waals surface area (Å²) in [5.41, 5.74) is 0.258. The Morgan fingerprint density at radius 2 is 1.90 bits per heavy atom. The van der Waals surface area contributed by atoms with Gasteiger partial charge in [-0.25, -0.2) is 0 Å². The number of aliphatic carboxylic acids is 1. The molecular weight excluding hydrogens is 301 g/mol. The number of hydrogen-bond acceptors (Lipinski definition) is 2. The fourth-order valence-electron chi connectivity index (χ4n) is 2.53. The average molecular weight is 316 g/mol. The van der Waals surface area contributed by atoms with Gasteiger partial charge in [0.2, 0.25) is 0 Å². The number of benzene rings is 1. The zero-order chi connectivity index (χ0) is 14.7. The van der Waals surface area contributed by atoms with Crippen LogP contribution in [-0.4, -0.2) is 34.5 Å². The second-order valence-corrected chi connectivity index (χ2v) is 5.66. The van der Waals surface area contributed by atoms with E-state index in [0.717, 1.165) is 12.8 Å². The van der Waals surface area contributed by atoms with Crippen molar-refractivity contribution in [1.82, 2.24) is 4.90 Å². The van der Waals surface area contributed by atoms with E-state index in [1.807, 2.05) is 0 Å². The monoisotopic (exact) mass is 315 g/mol. The third-order valence-corrected chi connectivity index (χ3v) is 4.10. The van der Waals surface area contributed by atoms with Crippen molar-refractivity contribution in [3.05, 3.63) is 33.8 Å². The van der Waals surface area contributed by atoms with Gasteiger partial charge in [-0.15, -0.1) is 0 Å². The topological polar surface area (TPSA) is 57.6 Å². The fraction of sp³-hybridized carbons (Fsp3) is 0.429. The molecule has 0 aliphatic carbocycles. The number of carbonyl (C=O) groups excluding carboxylic acids is 1. The fourth-order valence-corrected chi connectivity index (χ4v) is 3.09. The van der Waals surface area contributed by atoms with Gasteiger partial charge in [0.25, 0.3) is 5.91 Å².